The summed E-state index contributed by atoms with van der Waals surface area (Å²) in [7, 11) is 2.75. The average molecular weight is 787 g/mol. The summed E-state index contributed by atoms with van der Waals surface area (Å²) in [6, 6.07) is 4.10. The van der Waals surface area contributed by atoms with Gasteiger partial charge in [0.15, 0.2) is 40.0 Å². The van der Waals surface area contributed by atoms with Gasteiger partial charge < -0.3 is 38.6 Å². The number of nitrogens with one attached hydrogen (secondary N) is 1. The molecule has 294 valence electrons. The lowest BCUT2D eigenvalue weighted by Gasteiger charge is -2.61. The van der Waals surface area contributed by atoms with Crippen LogP contribution in [0.25, 0.3) is 0 Å². The summed E-state index contributed by atoms with van der Waals surface area (Å²) in [5, 5.41) is 36.2. The summed E-state index contributed by atoms with van der Waals surface area (Å²) in [6.07, 6.45) is 0.882. The van der Waals surface area contributed by atoms with Gasteiger partial charge in [-0.2, -0.15) is 5.26 Å². The van der Waals surface area contributed by atoms with Crippen LogP contribution in [0.15, 0.2) is 18.2 Å². The number of nitrogens with zero attached hydrogens (tertiary/aromatic N) is 3. The number of hydrogen-bond acceptors (Lipinski definition) is 15. The van der Waals surface area contributed by atoms with Crippen molar-refractivity contribution in [1.82, 2.24) is 15.1 Å². The van der Waals surface area contributed by atoms with E-state index < -0.39 is 57.7 Å². The van der Waals surface area contributed by atoms with Crippen molar-refractivity contribution in [2.45, 2.75) is 74.6 Å². The third kappa shape index (κ3) is 4.87. The fourth-order valence-electron chi connectivity index (χ4n) is 10.4. The number of phenolic OH excluding ortho intramolecular Hbond substituents is 2. The van der Waals surface area contributed by atoms with Gasteiger partial charge in [-0.05, 0) is 68.1 Å². The molecule has 8 atom stereocenters. The van der Waals surface area contributed by atoms with Crippen LogP contribution in [0.4, 0.5) is 0 Å². The van der Waals surface area contributed by atoms with Crippen molar-refractivity contribution in [3.05, 3.63) is 62.7 Å². The van der Waals surface area contributed by atoms with Gasteiger partial charge in [-0.3, -0.25) is 24.1 Å². The molecule has 0 aromatic heterocycles. The second-order valence-electron chi connectivity index (χ2n) is 15.3. The Hall–Kier alpha value is -5.08. The van der Waals surface area contributed by atoms with Crippen LogP contribution in [0.3, 0.4) is 0 Å². The van der Waals surface area contributed by atoms with Gasteiger partial charge in [0.05, 0.1) is 49.4 Å². The van der Waals surface area contributed by atoms with Gasteiger partial charge in [-0.25, -0.2) is 4.79 Å². The fraction of sp³-hybridized carbons (Fsp3) is 0.475. The minimum Gasteiger partial charge on any atom is -0.504 e. The number of piperazine rings is 1. The van der Waals surface area contributed by atoms with E-state index in [0.717, 1.165) is 11.1 Å². The summed E-state index contributed by atoms with van der Waals surface area (Å²) >= 11 is 0. The number of rotatable bonds is 3. The molecule has 0 aliphatic carbocycles. The highest BCUT2D eigenvalue weighted by atomic mass is 32.2. The van der Waals surface area contributed by atoms with E-state index in [9.17, 15) is 25.1 Å². The number of ether oxygens (including phenoxy) is 6. The molecule has 0 amide bonds. The zero-order valence-electron chi connectivity index (χ0n) is 31.8. The second-order valence-corrected chi connectivity index (χ2v) is 16.9. The molecule has 3 aromatic carbocycles. The number of phenols is 2. The van der Waals surface area contributed by atoms with Crippen molar-refractivity contribution in [2.75, 3.05) is 47.0 Å². The Labute approximate surface area is 325 Å². The molecule has 56 heavy (non-hydrogen) atoms. The smallest absolute Gasteiger partial charge is 0.332 e. The van der Waals surface area contributed by atoms with Crippen molar-refractivity contribution in [3.63, 3.8) is 0 Å². The van der Waals surface area contributed by atoms with Crippen LogP contribution in [0, 0.1) is 25.2 Å². The molecule has 0 saturated carbocycles. The zero-order valence-corrected chi connectivity index (χ0v) is 32.6. The Morgan fingerprint density at radius 3 is 2.54 bits per heavy atom. The van der Waals surface area contributed by atoms with Crippen molar-refractivity contribution in [1.29, 1.82) is 5.26 Å². The molecule has 1 spiro atoms. The van der Waals surface area contributed by atoms with Crippen LogP contribution in [-0.2, 0) is 43.5 Å². The van der Waals surface area contributed by atoms with E-state index in [0.29, 0.717) is 70.0 Å². The highest BCUT2D eigenvalue weighted by Gasteiger charge is 2.63. The first-order valence-corrected chi connectivity index (χ1v) is 19.9. The number of aromatic hydroxyl groups is 2. The molecule has 7 aliphatic rings. The molecular formula is C40H42N4O11S. The molecule has 2 unspecified atom stereocenters. The lowest BCUT2D eigenvalue weighted by Crippen LogP contribution is -2.70. The number of likely N-dealkylation sites (N-methyl/N-ethyl adjacent to an activating group) is 1. The monoisotopic (exact) mass is 786 g/mol. The molecule has 16 heteroatoms. The molecule has 2 saturated heterocycles. The Kier molecular flexibility index (Phi) is 8.48. The molecule has 0 radical (unpaired) electrons. The van der Waals surface area contributed by atoms with E-state index in [-0.39, 0.29) is 48.2 Å². The van der Waals surface area contributed by atoms with E-state index in [1.165, 1.54) is 21.1 Å². The van der Waals surface area contributed by atoms with E-state index in [1.54, 1.807) is 19.1 Å². The summed E-state index contributed by atoms with van der Waals surface area (Å²) < 4.78 is 51.8. The molecule has 3 aromatic rings. The van der Waals surface area contributed by atoms with Crippen molar-refractivity contribution >= 4 is 22.7 Å². The van der Waals surface area contributed by atoms with E-state index in [1.807, 2.05) is 24.9 Å². The largest absolute Gasteiger partial charge is 0.504 e. The number of benzene rings is 3. The third-order valence-corrected chi connectivity index (χ3v) is 14.4. The van der Waals surface area contributed by atoms with Gasteiger partial charge in [0.2, 0.25) is 6.79 Å². The fourth-order valence-corrected chi connectivity index (χ4v) is 12.5. The Balaban J connectivity index is 1.36. The maximum absolute atomic E-state index is 16.0. The maximum Gasteiger partial charge on any atom is 0.332 e. The Bertz CT molecular complexity index is 2310. The molecule has 7 aliphatic heterocycles. The van der Waals surface area contributed by atoms with Crippen LogP contribution in [0.1, 0.15) is 68.8 Å². The Morgan fingerprint density at radius 2 is 1.82 bits per heavy atom. The number of fused-ring (bicyclic) bond motifs is 9. The molecule has 7 heterocycles. The standard InChI is InChI=1S/C40H42N4O11S/c1-17-9-21-10-23-24(13-41)44-25-14-52-39(48)40(22-12-27(50-5)26(46)11-20(22)7-8-42-40)15-56(49)38(32(44)31(43(23)4)28(21)33(47)34(17)51-6)30-29(25)37-36(53-16-54-37)18(2)35(30)55-19(3)45/h9,11-12,23-25,31-32,38,42,46-47H,7-8,10,14-16H2,1-6H3/t23-,24-,25-,31-,32?,38+,40+,56?/m0/s1. The summed E-state index contributed by atoms with van der Waals surface area (Å²) in [5.74, 6) is -0.469. The van der Waals surface area contributed by atoms with Gasteiger partial charge in [0, 0.05) is 52.6 Å². The topological polar surface area (TPSA) is 189 Å². The van der Waals surface area contributed by atoms with E-state index in [2.05, 4.69) is 16.3 Å². The van der Waals surface area contributed by atoms with E-state index >= 15 is 4.21 Å². The highest BCUT2D eigenvalue weighted by Crippen LogP contribution is 2.63. The first-order valence-electron chi connectivity index (χ1n) is 18.5. The number of aryl methyl sites for hydroxylation is 1. The van der Waals surface area contributed by atoms with Gasteiger partial charge >= 0.3 is 11.9 Å². The van der Waals surface area contributed by atoms with E-state index in [4.69, 9.17) is 28.4 Å². The number of hydrogen-bond donors (Lipinski definition) is 3. The predicted octanol–water partition coefficient (Wildman–Crippen LogP) is 3.00. The predicted molar refractivity (Wildman–Crippen MR) is 199 cm³/mol. The third-order valence-electron chi connectivity index (χ3n) is 12.6. The van der Waals surface area contributed by atoms with Crippen LogP contribution in [0.2, 0.25) is 0 Å². The molecule has 15 nitrogen and oxygen atoms in total. The van der Waals surface area contributed by atoms with Crippen molar-refractivity contribution in [3.8, 4) is 46.3 Å². The number of esters is 2. The Morgan fingerprint density at radius 1 is 1.05 bits per heavy atom. The first kappa shape index (κ1) is 36.6. The second kappa shape index (κ2) is 13.0. The van der Waals surface area contributed by atoms with Crippen LogP contribution >= 0.6 is 0 Å². The number of carbonyl (C=O) groups is 2. The molecule has 4 bridgehead atoms. The van der Waals surface area contributed by atoms with Crippen LogP contribution in [0.5, 0.6) is 40.2 Å². The first-order chi connectivity index (χ1) is 26.9. The van der Waals surface area contributed by atoms with Crippen molar-refractivity contribution < 1.29 is 52.4 Å². The molecule has 3 N–H and O–H groups in total. The van der Waals surface area contributed by atoms with Gasteiger partial charge in [-0.1, -0.05) is 6.07 Å². The van der Waals surface area contributed by atoms with Crippen LogP contribution < -0.4 is 29.0 Å². The average Bonchev–Trinajstić information content (AvgIpc) is 3.65. The summed E-state index contributed by atoms with van der Waals surface area (Å²) in [4.78, 5) is 31.8. The van der Waals surface area contributed by atoms with Gasteiger partial charge in [0.1, 0.15) is 18.4 Å². The van der Waals surface area contributed by atoms with Gasteiger partial charge in [0.25, 0.3) is 0 Å². The lowest BCUT2D eigenvalue weighted by molar-refractivity contribution is -0.157. The molecule has 10 rings (SSSR count). The zero-order chi connectivity index (χ0) is 39.5. The van der Waals surface area contributed by atoms with Gasteiger partial charge in [-0.15, -0.1) is 0 Å². The summed E-state index contributed by atoms with van der Waals surface area (Å²) in [5.41, 5.74) is 2.99. The van der Waals surface area contributed by atoms with Crippen molar-refractivity contribution in [2.24, 2.45) is 0 Å². The van der Waals surface area contributed by atoms with Crippen LogP contribution in [-0.4, -0.2) is 101 Å². The normalized spacial score (nSPS) is 29.9. The summed E-state index contributed by atoms with van der Waals surface area (Å²) in [6.45, 7) is 4.79. The molecule has 2 fully saturated rings. The molecular weight excluding hydrogens is 745 g/mol. The highest BCUT2D eigenvalue weighted by molar-refractivity contribution is 7.85. The maximum atomic E-state index is 16.0. The SMILES string of the molecule is COc1cc2c(cc1O)CCN[C@]21CS(=O)[C@@H]2c3c(OC(C)=O)c(C)c4c(c3[C@H](COC1=O)N1C2[C@@H]2c3c(cc(C)c(OC)c3O)C[C@@H]([C@@H]1C#N)N2C)OCO4. The number of nitriles is 1. The minimum absolute atomic E-state index is 0.0492. The lowest BCUT2D eigenvalue weighted by atomic mass is 9.71. The quantitative estimate of drug-likeness (QED) is 0.259. The minimum atomic E-state index is -2.06. The number of carbonyl (C=O) groups excluding carboxylic acids is 2. The number of methoxy groups -OCH3 is 2.